The Balaban J connectivity index is 1.95. The van der Waals surface area contributed by atoms with Crippen LogP contribution in [0.25, 0.3) is 11.4 Å². The van der Waals surface area contributed by atoms with Crippen LogP contribution in [0.1, 0.15) is 10.5 Å². The minimum absolute atomic E-state index is 0.291. The third-order valence-corrected chi connectivity index (χ3v) is 4.32. The first-order chi connectivity index (χ1) is 11.0. The molecule has 3 rings (SSSR count). The molecule has 8 heteroatoms. The molecule has 6 nitrogen and oxygen atoms in total. The summed E-state index contributed by atoms with van der Waals surface area (Å²) in [7, 11) is 1.79. The normalized spacial score (nSPS) is 10.6. The van der Waals surface area contributed by atoms with Crippen LogP contribution >= 0.6 is 38.5 Å². The predicted molar refractivity (Wildman–Crippen MR) is 99.0 cm³/mol. The number of nitrogens with one attached hydrogen (secondary N) is 1. The van der Waals surface area contributed by atoms with Crippen molar-refractivity contribution in [3.05, 3.63) is 56.6 Å². The summed E-state index contributed by atoms with van der Waals surface area (Å²) in [5, 5.41) is 7.24. The lowest BCUT2D eigenvalue weighted by molar-refractivity contribution is 0.102. The molecule has 3 aromatic rings. The second kappa shape index (κ2) is 6.75. The molecule has 1 amide bonds. The number of hydrogen-bond acceptors (Lipinski definition) is 4. The molecule has 0 saturated carbocycles. The first-order valence-electron chi connectivity index (χ1n) is 6.63. The van der Waals surface area contributed by atoms with Crippen LogP contribution in [0, 0.1) is 3.57 Å². The smallest absolute Gasteiger partial charge is 0.275 e. The summed E-state index contributed by atoms with van der Waals surface area (Å²) in [4.78, 5) is 21.0. The van der Waals surface area contributed by atoms with Crippen molar-refractivity contribution in [3.63, 3.8) is 0 Å². The molecule has 3 heterocycles. The predicted octanol–water partition coefficient (Wildman–Crippen LogP) is 3.50. The molecular formula is C15H11BrIN5O. The molecule has 0 aromatic carbocycles. The average molecular weight is 484 g/mol. The van der Waals surface area contributed by atoms with Gasteiger partial charge in [0.15, 0.2) is 0 Å². The summed E-state index contributed by atoms with van der Waals surface area (Å²) < 4.78 is 3.02. The van der Waals surface area contributed by atoms with Crippen molar-refractivity contribution in [1.82, 2.24) is 19.7 Å². The Morgan fingerprint density at radius 2 is 2.13 bits per heavy atom. The molecule has 0 aliphatic carbocycles. The Morgan fingerprint density at radius 1 is 1.30 bits per heavy atom. The van der Waals surface area contributed by atoms with Gasteiger partial charge in [-0.3, -0.25) is 14.5 Å². The summed E-state index contributed by atoms with van der Waals surface area (Å²) >= 11 is 5.37. The van der Waals surface area contributed by atoms with E-state index in [0.717, 1.165) is 3.57 Å². The van der Waals surface area contributed by atoms with E-state index < -0.39 is 0 Å². The summed E-state index contributed by atoms with van der Waals surface area (Å²) in [5.41, 5.74) is 2.26. The van der Waals surface area contributed by atoms with Crippen molar-refractivity contribution in [2.45, 2.75) is 0 Å². The quantitative estimate of drug-likeness (QED) is 0.457. The highest BCUT2D eigenvalue weighted by Gasteiger charge is 2.17. The Hall–Kier alpha value is -1.81. The fraction of sp³-hybridized carbons (Fsp3) is 0.0667. The number of halogens is 2. The highest BCUT2D eigenvalue weighted by Crippen LogP contribution is 2.25. The third kappa shape index (κ3) is 3.58. The minimum Gasteiger partial charge on any atom is -0.317 e. The Bertz CT molecular complexity index is 866. The summed E-state index contributed by atoms with van der Waals surface area (Å²) in [6.45, 7) is 0. The van der Waals surface area contributed by atoms with Gasteiger partial charge in [-0.15, -0.1) is 0 Å². The maximum absolute atomic E-state index is 12.5. The fourth-order valence-corrected chi connectivity index (χ4v) is 2.89. The van der Waals surface area contributed by atoms with Gasteiger partial charge in [0.25, 0.3) is 5.91 Å². The minimum atomic E-state index is -0.291. The van der Waals surface area contributed by atoms with E-state index >= 15 is 0 Å². The molecule has 23 heavy (non-hydrogen) atoms. The van der Waals surface area contributed by atoms with Gasteiger partial charge in [0, 0.05) is 23.0 Å². The molecule has 3 aromatic heterocycles. The van der Waals surface area contributed by atoms with Crippen LogP contribution in [0.15, 0.2) is 47.3 Å². The monoisotopic (exact) mass is 483 g/mol. The van der Waals surface area contributed by atoms with Crippen LogP contribution in [-0.2, 0) is 7.05 Å². The van der Waals surface area contributed by atoms with Crippen LogP contribution in [0.3, 0.4) is 0 Å². The number of anilines is 1. The summed E-state index contributed by atoms with van der Waals surface area (Å²) in [6, 6.07) is 9.18. The lowest BCUT2D eigenvalue weighted by atomic mass is 10.2. The molecule has 0 aliphatic heterocycles. The van der Waals surface area contributed by atoms with Crippen LogP contribution in [0.4, 0.5) is 5.69 Å². The number of aromatic nitrogens is 4. The van der Waals surface area contributed by atoms with Gasteiger partial charge >= 0.3 is 0 Å². The van der Waals surface area contributed by atoms with E-state index in [9.17, 15) is 4.79 Å². The topological polar surface area (TPSA) is 72.7 Å². The van der Waals surface area contributed by atoms with Gasteiger partial charge in [0.2, 0.25) is 0 Å². The van der Waals surface area contributed by atoms with Gasteiger partial charge in [-0.2, -0.15) is 5.10 Å². The van der Waals surface area contributed by atoms with Crippen molar-refractivity contribution < 1.29 is 4.79 Å². The standard InChI is InChI=1S/C15H11BrIN5O/c1-22-8-11(14(21-22)10-4-2-3-7-18-10)19-15(23)13-9(17)5-6-12(16)20-13/h2-8H,1H3,(H,19,23). The zero-order valence-electron chi connectivity index (χ0n) is 12.0. The number of pyridine rings is 2. The number of carbonyl (C=O) groups is 1. The zero-order chi connectivity index (χ0) is 16.4. The second-order valence-electron chi connectivity index (χ2n) is 4.70. The van der Waals surface area contributed by atoms with Crippen molar-refractivity contribution in [2.24, 2.45) is 7.05 Å². The van der Waals surface area contributed by atoms with Crippen molar-refractivity contribution >= 4 is 50.1 Å². The van der Waals surface area contributed by atoms with E-state index in [1.807, 2.05) is 24.3 Å². The summed E-state index contributed by atoms with van der Waals surface area (Å²) in [5.74, 6) is -0.291. The van der Waals surface area contributed by atoms with E-state index in [-0.39, 0.29) is 5.91 Å². The first-order valence-corrected chi connectivity index (χ1v) is 8.50. The fourth-order valence-electron chi connectivity index (χ4n) is 2.03. The van der Waals surface area contributed by atoms with E-state index in [4.69, 9.17) is 0 Å². The van der Waals surface area contributed by atoms with Crippen molar-refractivity contribution in [2.75, 3.05) is 5.32 Å². The van der Waals surface area contributed by atoms with E-state index in [0.29, 0.717) is 27.4 Å². The highest BCUT2D eigenvalue weighted by molar-refractivity contribution is 14.1. The number of nitrogens with zero attached hydrogens (tertiary/aromatic N) is 4. The van der Waals surface area contributed by atoms with Gasteiger partial charge in [0.1, 0.15) is 16.0 Å². The molecule has 0 aliphatic rings. The van der Waals surface area contributed by atoms with Crippen LogP contribution < -0.4 is 5.32 Å². The third-order valence-electron chi connectivity index (χ3n) is 3.01. The van der Waals surface area contributed by atoms with E-state index in [1.54, 1.807) is 30.2 Å². The maximum Gasteiger partial charge on any atom is 0.275 e. The number of amides is 1. The number of aryl methyl sites for hydroxylation is 1. The molecule has 0 fully saturated rings. The Kier molecular flexibility index (Phi) is 4.71. The molecule has 0 spiro atoms. The molecule has 116 valence electrons. The number of carbonyl (C=O) groups excluding carboxylic acids is 1. The molecule has 0 saturated heterocycles. The van der Waals surface area contributed by atoms with Crippen LogP contribution in [0.5, 0.6) is 0 Å². The van der Waals surface area contributed by atoms with Gasteiger partial charge in [-0.1, -0.05) is 6.07 Å². The van der Waals surface area contributed by atoms with Gasteiger partial charge in [0.05, 0.1) is 11.4 Å². The van der Waals surface area contributed by atoms with E-state index in [1.165, 1.54) is 0 Å². The van der Waals surface area contributed by atoms with Crippen molar-refractivity contribution in [1.29, 1.82) is 0 Å². The van der Waals surface area contributed by atoms with Gasteiger partial charge in [-0.25, -0.2) is 4.98 Å². The van der Waals surface area contributed by atoms with Crippen molar-refractivity contribution in [3.8, 4) is 11.4 Å². The largest absolute Gasteiger partial charge is 0.317 e. The second-order valence-corrected chi connectivity index (χ2v) is 6.67. The van der Waals surface area contributed by atoms with Crippen LogP contribution in [0.2, 0.25) is 0 Å². The van der Waals surface area contributed by atoms with Gasteiger partial charge < -0.3 is 5.32 Å². The summed E-state index contributed by atoms with van der Waals surface area (Å²) in [6.07, 6.45) is 3.43. The molecular weight excluding hydrogens is 473 g/mol. The molecule has 0 atom stereocenters. The van der Waals surface area contributed by atoms with E-state index in [2.05, 4.69) is 58.9 Å². The number of rotatable bonds is 3. The zero-order valence-corrected chi connectivity index (χ0v) is 15.7. The average Bonchev–Trinajstić information content (AvgIpc) is 2.91. The molecule has 1 N–H and O–H groups in total. The molecule has 0 unspecified atom stereocenters. The lowest BCUT2D eigenvalue weighted by Gasteiger charge is -2.06. The Morgan fingerprint density at radius 3 is 2.87 bits per heavy atom. The van der Waals surface area contributed by atoms with Gasteiger partial charge in [-0.05, 0) is 62.8 Å². The SMILES string of the molecule is Cn1cc(NC(=O)c2nc(Br)ccc2I)c(-c2ccccn2)n1. The first kappa shape index (κ1) is 16.1. The Labute approximate surface area is 154 Å². The molecule has 0 radical (unpaired) electrons. The number of hydrogen-bond donors (Lipinski definition) is 1. The van der Waals surface area contributed by atoms with Crippen LogP contribution in [-0.4, -0.2) is 25.7 Å². The lowest BCUT2D eigenvalue weighted by Crippen LogP contribution is -2.15. The molecule has 0 bridgehead atoms. The maximum atomic E-state index is 12.5. The highest BCUT2D eigenvalue weighted by atomic mass is 127.